The number of H-pyrrole nitrogens is 1. The van der Waals surface area contributed by atoms with Gasteiger partial charge in [0.25, 0.3) is 5.91 Å². The van der Waals surface area contributed by atoms with E-state index in [4.69, 9.17) is 0 Å². The van der Waals surface area contributed by atoms with Crippen molar-refractivity contribution >= 4 is 17.6 Å². The van der Waals surface area contributed by atoms with Crippen molar-refractivity contribution in [3.63, 3.8) is 0 Å². The number of aryl methyl sites for hydroxylation is 2. The molecule has 3 aromatic rings. The number of hydrogen-bond acceptors (Lipinski definition) is 3. The Bertz CT molecular complexity index is 1150. The van der Waals surface area contributed by atoms with Gasteiger partial charge in [-0.1, -0.05) is 24.3 Å². The van der Waals surface area contributed by atoms with Gasteiger partial charge in [-0.3, -0.25) is 9.89 Å². The van der Waals surface area contributed by atoms with Crippen LogP contribution < -0.4 is 16.0 Å². The van der Waals surface area contributed by atoms with Gasteiger partial charge in [0.15, 0.2) is 0 Å². The highest BCUT2D eigenvalue weighted by molar-refractivity contribution is 6.06. The van der Waals surface area contributed by atoms with E-state index in [9.17, 15) is 14.0 Å². The van der Waals surface area contributed by atoms with Gasteiger partial charge in [-0.15, -0.1) is 0 Å². The summed E-state index contributed by atoms with van der Waals surface area (Å²) in [6, 6.07) is 12.1. The highest BCUT2D eigenvalue weighted by atomic mass is 19.1. The van der Waals surface area contributed by atoms with Crippen molar-refractivity contribution in [2.45, 2.75) is 19.9 Å². The Labute approximate surface area is 172 Å². The first kappa shape index (κ1) is 19.4. The fraction of sp³-hybridized carbons (Fsp3) is 0.136. The van der Waals surface area contributed by atoms with E-state index in [1.54, 1.807) is 12.1 Å². The Hall–Kier alpha value is -3.94. The molecular weight excluding hydrogens is 385 g/mol. The van der Waals surface area contributed by atoms with Gasteiger partial charge in [0.2, 0.25) is 0 Å². The minimum atomic E-state index is -0.697. The predicted molar refractivity (Wildman–Crippen MR) is 111 cm³/mol. The van der Waals surface area contributed by atoms with Crippen LogP contribution in [0.25, 0.3) is 11.3 Å². The van der Waals surface area contributed by atoms with Crippen molar-refractivity contribution in [2.24, 2.45) is 0 Å². The van der Waals surface area contributed by atoms with Crippen LogP contribution in [0, 0.1) is 19.7 Å². The third-order valence-electron chi connectivity index (χ3n) is 4.90. The first-order valence-corrected chi connectivity index (χ1v) is 9.37. The number of carbonyl (C=O) groups excluding carboxylic acids is 2. The number of nitrogens with one attached hydrogen (secondary N) is 4. The zero-order valence-electron chi connectivity index (χ0n) is 16.4. The summed E-state index contributed by atoms with van der Waals surface area (Å²) < 4.78 is 13.3. The lowest BCUT2D eigenvalue weighted by molar-refractivity contribution is -0.113. The van der Waals surface area contributed by atoms with E-state index in [0.29, 0.717) is 16.8 Å². The van der Waals surface area contributed by atoms with Gasteiger partial charge < -0.3 is 16.0 Å². The largest absolute Gasteiger partial charge is 0.327 e. The summed E-state index contributed by atoms with van der Waals surface area (Å²) in [6.45, 7) is 3.81. The highest BCUT2D eigenvalue weighted by Gasteiger charge is 2.28. The topological polar surface area (TPSA) is 98.9 Å². The van der Waals surface area contributed by atoms with E-state index in [2.05, 4.69) is 26.1 Å². The van der Waals surface area contributed by atoms with Crippen LogP contribution in [-0.4, -0.2) is 22.1 Å². The van der Waals surface area contributed by atoms with Crippen molar-refractivity contribution in [3.05, 3.63) is 82.9 Å². The van der Waals surface area contributed by atoms with Gasteiger partial charge in [-0.05, 0) is 49.2 Å². The minimum absolute atomic E-state index is 0.307. The van der Waals surface area contributed by atoms with Gasteiger partial charge in [0, 0.05) is 23.1 Å². The van der Waals surface area contributed by atoms with Crippen LogP contribution in [0.2, 0.25) is 0 Å². The molecular formula is C22H20FN5O2. The highest BCUT2D eigenvalue weighted by Crippen LogP contribution is 2.28. The summed E-state index contributed by atoms with van der Waals surface area (Å²) in [5, 5.41) is 15.3. The molecule has 0 fully saturated rings. The lowest BCUT2D eigenvalue weighted by atomic mass is 9.97. The minimum Gasteiger partial charge on any atom is -0.327 e. The fourth-order valence-corrected chi connectivity index (χ4v) is 3.27. The van der Waals surface area contributed by atoms with E-state index in [0.717, 1.165) is 22.5 Å². The van der Waals surface area contributed by atoms with E-state index in [-0.39, 0.29) is 5.91 Å². The molecule has 2 heterocycles. The molecule has 1 aromatic heterocycles. The normalized spacial score (nSPS) is 15.8. The van der Waals surface area contributed by atoms with Crippen molar-refractivity contribution in [1.29, 1.82) is 0 Å². The second-order valence-electron chi connectivity index (χ2n) is 7.12. The Balaban J connectivity index is 1.62. The number of amides is 3. The van der Waals surface area contributed by atoms with Crippen LogP contribution in [-0.2, 0) is 4.79 Å². The molecule has 4 rings (SSSR count). The molecule has 8 heteroatoms. The second kappa shape index (κ2) is 7.82. The maximum atomic E-state index is 13.3. The first-order valence-electron chi connectivity index (χ1n) is 9.37. The molecule has 1 aliphatic heterocycles. The van der Waals surface area contributed by atoms with Gasteiger partial charge in [-0.2, -0.15) is 5.10 Å². The molecule has 0 spiro atoms. The number of anilines is 1. The summed E-state index contributed by atoms with van der Waals surface area (Å²) >= 11 is 0. The number of benzene rings is 2. The molecule has 0 bridgehead atoms. The number of urea groups is 1. The molecule has 7 nitrogen and oxygen atoms in total. The van der Waals surface area contributed by atoms with Crippen LogP contribution >= 0.6 is 0 Å². The molecule has 0 unspecified atom stereocenters. The number of aromatic amines is 1. The molecule has 152 valence electrons. The van der Waals surface area contributed by atoms with Gasteiger partial charge >= 0.3 is 6.03 Å². The summed E-state index contributed by atoms with van der Waals surface area (Å²) in [4.78, 5) is 24.9. The Morgan fingerprint density at radius 3 is 2.57 bits per heavy atom. The van der Waals surface area contributed by atoms with Crippen LogP contribution in [0.5, 0.6) is 0 Å². The molecule has 30 heavy (non-hydrogen) atoms. The predicted octanol–water partition coefficient (Wildman–Crippen LogP) is 3.71. The van der Waals surface area contributed by atoms with Crippen molar-refractivity contribution in [3.8, 4) is 11.3 Å². The molecule has 2 aromatic carbocycles. The summed E-state index contributed by atoms with van der Waals surface area (Å²) in [5.41, 5.74) is 5.00. The van der Waals surface area contributed by atoms with E-state index in [1.165, 1.54) is 18.3 Å². The lowest BCUT2D eigenvalue weighted by Crippen LogP contribution is -2.43. The molecule has 4 N–H and O–H groups in total. The third kappa shape index (κ3) is 3.93. The number of carbonyl (C=O) groups is 2. The smallest absolute Gasteiger partial charge is 0.319 e. The number of rotatable bonds is 4. The van der Waals surface area contributed by atoms with Crippen LogP contribution in [0.1, 0.15) is 22.9 Å². The monoisotopic (exact) mass is 405 g/mol. The molecule has 0 aliphatic carbocycles. The SMILES string of the molecule is Cc1cc(-c2ccc(C)c(NC(=O)C3=CNC(=O)N[C@@H]3c3ccc(F)cc3)c2)n[nH]1. The average Bonchev–Trinajstić information content (AvgIpc) is 3.16. The van der Waals surface area contributed by atoms with E-state index < -0.39 is 17.9 Å². The van der Waals surface area contributed by atoms with Crippen molar-refractivity contribution < 1.29 is 14.0 Å². The maximum Gasteiger partial charge on any atom is 0.319 e. The van der Waals surface area contributed by atoms with Crippen LogP contribution in [0.3, 0.4) is 0 Å². The quantitative estimate of drug-likeness (QED) is 0.533. The van der Waals surface area contributed by atoms with Crippen LogP contribution in [0.4, 0.5) is 14.9 Å². The molecule has 1 aliphatic rings. The molecule has 3 amide bonds. The number of halogens is 1. The Morgan fingerprint density at radius 2 is 1.87 bits per heavy atom. The maximum absolute atomic E-state index is 13.3. The lowest BCUT2D eigenvalue weighted by Gasteiger charge is -2.26. The van der Waals surface area contributed by atoms with E-state index >= 15 is 0 Å². The molecule has 1 atom stereocenters. The first-order chi connectivity index (χ1) is 14.4. The zero-order valence-corrected chi connectivity index (χ0v) is 16.4. The van der Waals surface area contributed by atoms with E-state index in [1.807, 2.05) is 38.1 Å². The van der Waals surface area contributed by atoms with Crippen molar-refractivity contribution in [2.75, 3.05) is 5.32 Å². The number of aromatic nitrogens is 2. The molecule has 0 radical (unpaired) electrons. The second-order valence-corrected chi connectivity index (χ2v) is 7.12. The van der Waals surface area contributed by atoms with Gasteiger partial charge in [0.05, 0.1) is 17.3 Å². The molecule has 0 saturated carbocycles. The van der Waals surface area contributed by atoms with Gasteiger partial charge in [-0.25, -0.2) is 9.18 Å². The number of nitrogens with zero attached hydrogens (tertiary/aromatic N) is 1. The summed E-state index contributed by atoms with van der Waals surface area (Å²) in [5.74, 6) is -0.773. The number of hydrogen-bond donors (Lipinski definition) is 4. The molecule has 0 saturated heterocycles. The van der Waals surface area contributed by atoms with Gasteiger partial charge in [0.1, 0.15) is 5.82 Å². The van der Waals surface area contributed by atoms with Crippen molar-refractivity contribution in [1.82, 2.24) is 20.8 Å². The Morgan fingerprint density at radius 1 is 1.10 bits per heavy atom. The standard InChI is InChI=1S/C22H20FN5O2/c1-12-3-4-15(19-9-13(2)27-28-19)10-18(12)25-21(29)17-11-24-22(30)26-20(17)14-5-7-16(23)8-6-14/h3-11,20H,1-2H3,(H,25,29)(H,27,28)(H2,24,26,30)/t20-/m1/s1. The average molecular weight is 405 g/mol. The summed E-state index contributed by atoms with van der Waals surface area (Å²) in [7, 11) is 0. The third-order valence-corrected chi connectivity index (χ3v) is 4.90. The Kier molecular flexibility index (Phi) is 5.05. The fourth-order valence-electron chi connectivity index (χ4n) is 3.27. The zero-order chi connectivity index (χ0) is 21.3. The summed E-state index contributed by atoms with van der Waals surface area (Å²) in [6.07, 6.45) is 1.37. The van der Waals surface area contributed by atoms with Crippen LogP contribution in [0.15, 0.2) is 60.3 Å².